The molecule has 1 amide bonds. The molecule has 2 fully saturated rings. The van der Waals surface area contributed by atoms with E-state index in [0.717, 1.165) is 0 Å². The van der Waals surface area contributed by atoms with Crippen molar-refractivity contribution in [3.63, 3.8) is 0 Å². The summed E-state index contributed by atoms with van der Waals surface area (Å²) in [5.74, 6) is -0.246. The van der Waals surface area contributed by atoms with Crippen LogP contribution in [0.5, 0.6) is 0 Å². The molecule has 2 aliphatic rings. The molecule has 8 heteroatoms. The highest BCUT2D eigenvalue weighted by Crippen LogP contribution is 2.26. The molecule has 2 saturated heterocycles. The van der Waals surface area contributed by atoms with Gasteiger partial charge in [-0.25, -0.2) is 12.7 Å². The van der Waals surface area contributed by atoms with Crippen molar-refractivity contribution in [1.82, 2.24) is 9.21 Å². The maximum absolute atomic E-state index is 13.0. The van der Waals surface area contributed by atoms with E-state index < -0.39 is 15.3 Å². The van der Waals surface area contributed by atoms with Crippen LogP contribution in [0, 0.1) is 17.2 Å². The van der Waals surface area contributed by atoms with Crippen molar-refractivity contribution in [2.45, 2.75) is 30.9 Å². The van der Waals surface area contributed by atoms with E-state index in [2.05, 4.69) is 6.07 Å². The van der Waals surface area contributed by atoms with Gasteiger partial charge in [0.15, 0.2) is 0 Å². The number of benzene rings is 1. The van der Waals surface area contributed by atoms with E-state index in [-0.39, 0.29) is 18.4 Å². The number of amides is 1. The molecular weight excluding hydrogens is 374 g/mol. The minimum atomic E-state index is -3.47. The van der Waals surface area contributed by atoms with Crippen LogP contribution in [0.2, 0.25) is 5.02 Å². The number of hydrogen-bond acceptors (Lipinski definition) is 4. The van der Waals surface area contributed by atoms with E-state index in [1.165, 1.54) is 4.31 Å². The van der Waals surface area contributed by atoms with E-state index >= 15 is 0 Å². The average Bonchev–Trinajstić information content (AvgIpc) is 2.67. The highest BCUT2D eigenvalue weighted by Gasteiger charge is 2.38. The van der Waals surface area contributed by atoms with Gasteiger partial charge in [0.2, 0.25) is 10.0 Å². The van der Waals surface area contributed by atoms with Crippen molar-refractivity contribution in [2.75, 3.05) is 26.2 Å². The van der Waals surface area contributed by atoms with Crippen LogP contribution in [0.1, 0.15) is 36.0 Å². The molecule has 1 unspecified atom stereocenters. The lowest BCUT2D eigenvalue weighted by Crippen LogP contribution is -2.51. The molecule has 0 spiro atoms. The fraction of sp³-hybridized carbons (Fsp3) is 0.556. The van der Waals surface area contributed by atoms with Gasteiger partial charge in [0.05, 0.1) is 11.3 Å². The maximum atomic E-state index is 13.0. The molecule has 6 nitrogen and oxygen atoms in total. The van der Waals surface area contributed by atoms with Crippen LogP contribution in [0.4, 0.5) is 0 Å². The molecule has 0 aliphatic carbocycles. The number of nitriles is 1. The highest BCUT2D eigenvalue weighted by atomic mass is 35.5. The van der Waals surface area contributed by atoms with Crippen LogP contribution in [0.3, 0.4) is 0 Å². The van der Waals surface area contributed by atoms with Crippen molar-refractivity contribution >= 4 is 27.5 Å². The Hall–Kier alpha value is -1.62. The third-order valence-corrected chi connectivity index (χ3v) is 7.70. The van der Waals surface area contributed by atoms with Gasteiger partial charge in [0, 0.05) is 42.7 Å². The summed E-state index contributed by atoms with van der Waals surface area (Å²) in [6.07, 6.45) is 2.37. The van der Waals surface area contributed by atoms with E-state index in [9.17, 15) is 13.2 Å². The van der Waals surface area contributed by atoms with Crippen molar-refractivity contribution in [3.05, 3.63) is 34.9 Å². The van der Waals surface area contributed by atoms with Crippen LogP contribution in [-0.4, -0.2) is 55.0 Å². The zero-order valence-electron chi connectivity index (χ0n) is 14.5. The highest BCUT2D eigenvalue weighted by molar-refractivity contribution is 7.89. The molecule has 0 aromatic heterocycles. The quantitative estimate of drug-likeness (QED) is 0.787. The van der Waals surface area contributed by atoms with Gasteiger partial charge >= 0.3 is 0 Å². The maximum Gasteiger partial charge on any atom is 0.253 e. The van der Waals surface area contributed by atoms with Crippen LogP contribution in [0.15, 0.2) is 24.3 Å². The Morgan fingerprint density at radius 2 is 1.92 bits per heavy atom. The number of likely N-dealkylation sites (tertiary alicyclic amines) is 1. The third kappa shape index (κ3) is 4.03. The molecule has 1 atom stereocenters. The Kier molecular flexibility index (Phi) is 5.86. The number of hydrogen-bond donors (Lipinski definition) is 0. The predicted molar refractivity (Wildman–Crippen MR) is 99.2 cm³/mol. The first-order chi connectivity index (χ1) is 12.4. The smallest absolute Gasteiger partial charge is 0.253 e. The molecule has 1 aromatic carbocycles. The van der Waals surface area contributed by atoms with Gasteiger partial charge < -0.3 is 4.90 Å². The monoisotopic (exact) mass is 395 g/mol. The molecule has 3 rings (SSSR count). The van der Waals surface area contributed by atoms with Crippen LogP contribution in [0.25, 0.3) is 0 Å². The number of nitrogens with zero attached hydrogens (tertiary/aromatic N) is 3. The molecule has 0 bridgehead atoms. The second-order valence-electron chi connectivity index (χ2n) is 6.87. The molecule has 140 valence electrons. The lowest BCUT2D eigenvalue weighted by Gasteiger charge is -2.37. The minimum Gasteiger partial charge on any atom is -0.337 e. The van der Waals surface area contributed by atoms with Gasteiger partial charge in [-0.15, -0.1) is 0 Å². The predicted octanol–water partition coefficient (Wildman–Crippen LogP) is 2.51. The second-order valence-corrected chi connectivity index (χ2v) is 9.52. The van der Waals surface area contributed by atoms with E-state index in [1.54, 1.807) is 29.2 Å². The first-order valence-electron chi connectivity index (χ1n) is 8.85. The first-order valence-corrected chi connectivity index (χ1v) is 10.7. The fourth-order valence-corrected chi connectivity index (χ4v) is 5.78. The van der Waals surface area contributed by atoms with E-state index in [1.807, 2.05) is 0 Å². The minimum absolute atomic E-state index is 0.0614. The summed E-state index contributed by atoms with van der Waals surface area (Å²) >= 11 is 5.96. The normalized spacial score (nSPS) is 22.8. The summed E-state index contributed by atoms with van der Waals surface area (Å²) in [4.78, 5) is 14.3. The molecule has 0 saturated carbocycles. The van der Waals surface area contributed by atoms with Gasteiger partial charge in [0.25, 0.3) is 5.91 Å². The van der Waals surface area contributed by atoms with Gasteiger partial charge in [0.1, 0.15) is 0 Å². The summed E-state index contributed by atoms with van der Waals surface area (Å²) < 4.78 is 27.5. The number of halogens is 1. The Bertz CT molecular complexity index is 813. The average molecular weight is 396 g/mol. The number of sulfonamides is 1. The second kappa shape index (κ2) is 7.95. The summed E-state index contributed by atoms with van der Waals surface area (Å²) in [5, 5.41) is 8.88. The Morgan fingerprint density at radius 1 is 1.19 bits per heavy atom. The van der Waals surface area contributed by atoms with Crippen molar-refractivity contribution in [1.29, 1.82) is 5.26 Å². The summed E-state index contributed by atoms with van der Waals surface area (Å²) in [6.45, 7) is 1.53. The molecule has 2 heterocycles. The summed E-state index contributed by atoms with van der Waals surface area (Å²) in [7, 11) is -3.47. The van der Waals surface area contributed by atoms with Gasteiger partial charge in [-0.1, -0.05) is 17.7 Å². The molecule has 0 N–H and O–H groups in total. The number of carbonyl (C=O) groups excluding carboxylic acids is 1. The van der Waals surface area contributed by atoms with Gasteiger partial charge in [-0.2, -0.15) is 5.26 Å². The number of carbonyl (C=O) groups is 1. The number of rotatable bonds is 3. The van der Waals surface area contributed by atoms with Gasteiger partial charge in [-0.3, -0.25) is 4.79 Å². The SMILES string of the molecule is N#CC1CCN(S(=O)(=O)C2CCCN(C(=O)c3cccc(Cl)c3)C2)CC1. The number of piperidine rings is 2. The lowest BCUT2D eigenvalue weighted by atomic mass is 10.0. The lowest BCUT2D eigenvalue weighted by molar-refractivity contribution is 0.0725. The molecular formula is C18H22ClN3O3S. The molecule has 1 aromatic rings. The van der Waals surface area contributed by atoms with Crippen molar-refractivity contribution in [2.24, 2.45) is 5.92 Å². The van der Waals surface area contributed by atoms with E-state index in [0.29, 0.717) is 55.9 Å². The zero-order chi connectivity index (χ0) is 18.7. The molecule has 0 radical (unpaired) electrons. The van der Waals surface area contributed by atoms with Crippen LogP contribution in [-0.2, 0) is 10.0 Å². The summed E-state index contributed by atoms with van der Waals surface area (Å²) in [6, 6.07) is 8.93. The standard InChI is InChI=1S/C18H22ClN3O3S/c19-16-4-1-3-15(11-16)18(23)21-8-2-5-17(13-21)26(24,25)22-9-6-14(12-20)7-10-22/h1,3-4,11,14,17H,2,5-10,13H2. The summed E-state index contributed by atoms with van der Waals surface area (Å²) in [5.41, 5.74) is 0.477. The van der Waals surface area contributed by atoms with Crippen LogP contribution < -0.4 is 0 Å². The van der Waals surface area contributed by atoms with E-state index in [4.69, 9.17) is 16.9 Å². The topological polar surface area (TPSA) is 81.5 Å². The zero-order valence-corrected chi connectivity index (χ0v) is 16.0. The van der Waals surface area contributed by atoms with Crippen LogP contribution >= 0.6 is 11.6 Å². The third-order valence-electron chi connectivity index (χ3n) is 5.15. The molecule has 2 aliphatic heterocycles. The fourth-order valence-electron chi connectivity index (χ4n) is 3.62. The Labute approximate surface area is 159 Å². The Morgan fingerprint density at radius 3 is 2.58 bits per heavy atom. The van der Waals surface area contributed by atoms with Crippen molar-refractivity contribution in [3.8, 4) is 6.07 Å². The molecule has 26 heavy (non-hydrogen) atoms. The van der Waals surface area contributed by atoms with Gasteiger partial charge in [-0.05, 0) is 43.9 Å². The first kappa shape index (κ1) is 19.2. The Balaban J connectivity index is 1.70. The largest absolute Gasteiger partial charge is 0.337 e. The van der Waals surface area contributed by atoms with Crippen molar-refractivity contribution < 1.29 is 13.2 Å².